The van der Waals surface area contributed by atoms with E-state index in [4.69, 9.17) is 26.3 Å². The topological polar surface area (TPSA) is 107 Å². The molecule has 0 spiro atoms. The third-order valence-electron chi connectivity index (χ3n) is 8.03. The number of halogens is 1. The van der Waals surface area contributed by atoms with E-state index in [0.717, 1.165) is 12.1 Å². The minimum absolute atomic E-state index is 0.0625. The van der Waals surface area contributed by atoms with Gasteiger partial charge in [0, 0.05) is 22.6 Å². The second-order valence-electron chi connectivity index (χ2n) is 9.51. The van der Waals surface area contributed by atoms with Gasteiger partial charge in [-0.3, -0.25) is 14.9 Å². The molecule has 1 amide bonds. The van der Waals surface area contributed by atoms with Gasteiger partial charge in [0.2, 0.25) is 5.91 Å². The van der Waals surface area contributed by atoms with Gasteiger partial charge in [-0.2, -0.15) is 0 Å². The van der Waals surface area contributed by atoms with E-state index in [1.807, 2.05) is 0 Å². The Labute approximate surface area is 195 Å². The van der Waals surface area contributed by atoms with Gasteiger partial charge in [-0.15, -0.1) is 0 Å². The molecular weight excluding hydrogens is 444 g/mol. The number of nitro groups is 1. The fourth-order valence-corrected chi connectivity index (χ4v) is 5.88. The molecule has 33 heavy (non-hydrogen) atoms. The van der Waals surface area contributed by atoms with Crippen molar-refractivity contribution in [1.82, 2.24) is 9.97 Å². The van der Waals surface area contributed by atoms with Crippen LogP contribution in [0.15, 0.2) is 36.4 Å². The number of hydrogen-bond acceptors (Lipinski definition) is 6. The molecule has 1 fully saturated rings. The lowest BCUT2D eigenvalue weighted by Crippen LogP contribution is -2.48. The van der Waals surface area contributed by atoms with Gasteiger partial charge in [0.05, 0.1) is 45.6 Å². The van der Waals surface area contributed by atoms with Gasteiger partial charge in [-0.25, -0.2) is 9.97 Å². The van der Waals surface area contributed by atoms with E-state index >= 15 is 0 Å². The van der Waals surface area contributed by atoms with E-state index < -0.39 is 15.8 Å². The number of aromatic nitrogens is 2. The molecule has 2 atom stereocenters. The first-order valence-corrected chi connectivity index (χ1v) is 11.0. The molecule has 2 bridgehead atoms. The molecular formula is C24H23ClN4O4. The monoisotopic (exact) mass is 466 g/mol. The first kappa shape index (κ1) is 21.6. The molecule has 3 aromatic rings. The van der Waals surface area contributed by atoms with Crippen LogP contribution in [0.5, 0.6) is 5.75 Å². The van der Waals surface area contributed by atoms with Crippen LogP contribution in [0.4, 0.5) is 11.4 Å². The highest BCUT2D eigenvalue weighted by Crippen LogP contribution is 2.70. The maximum absolute atomic E-state index is 14.0. The first-order chi connectivity index (χ1) is 15.5. The number of methoxy groups -OCH3 is 1. The van der Waals surface area contributed by atoms with Gasteiger partial charge in [0.15, 0.2) is 0 Å². The summed E-state index contributed by atoms with van der Waals surface area (Å²) >= 11 is 6.17. The smallest absolute Gasteiger partial charge is 0.271 e. The fraction of sp³-hybridized carbons (Fsp3) is 0.375. The van der Waals surface area contributed by atoms with E-state index in [9.17, 15) is 14.9 Å². The molecule has 170 valence electrons. The Hall–Kier alpha value is -3.26. The summed E-state index contributed by atoms with van der Waals surface area (Å²) in [4.78, 5) is 34.6. The number of non-ortho nitro benzene ring substituents is 1. The lowest BCUT2D eigenvalue weighted by Gasteiger charge is -2.39. The number of rotatable bonds is 4. The zero-order valence-electron chi connectivity index (χ0n) is 18.7. The molecule has 5 rings (SSSR count). The quantitative estimate of drug-likeness (QED) is 0.420. The van der Waals surface area contributed by atoms with Crippen LogP contribution in [0.3, 0.4) is 0 Å². The number of anilines is 1. The zero-order chi connectivity index (χ0) is 23.8. The molecule has 2 aliphatic rings. The van der Waals surface area contributed by atoms with Gasteiger partial charge in [-0.1, -0.05) is 32.4 Å². The normalized spacial score (nSPS) is 24.5. The summed E-state index contributed by atoms with van der Waals surface area (Å²) in [6, 6.07) is 9.51. The van der Waals surface area contributed by atoms with Gasteiger partial charge in [-0.05, 0) is 42.5 Å². The van der Waals surface area contributed by atoms with Crippen LogP contribution >= 0.6 is 11.6 Å². The Kier molecular flexibility index (Phi) is 4.49. The van der Waals surface area contributed by atoms with Crippen LogP contribution in [-0.2, 0) is 15.6 Å². The Morgan fingerprint density at radius 2 is 1.82 bits per heavy atom. The number of nitrogens with one attached hydrogen (secondary N) is 1. The molecule has 9 heteroatoms. The molecule has 1 heterocycles. The van der Waals surface area contributed by atoms with Crippen molar-refractivity contribution in [3.63, 3.8) is 0 Å². The molecule has 0 aliphatic heterocycles. The molecule has 8 nitrogen and oxygen atoms in total. The van der Waals surface area contributed by atoms with Crippen molar-refractivity contribution in [2.24, 2.45) is 5.41 Å². The second kappa shape index (κ2) is 6.87. The van der Waals surface area contributed by atoms with Crippen molar-refractivity contribution in [3.05, 3.63) is 62.9 Å². The largest absolute Gasteiger partial charge is 0.495 e. The average Bonchev–Trinajstić information content (AvgIpc) is 3.07. The third-order valence-corrected chi connectivity index (χ3v) is 8.26. The minimum atomic E-state index is -0.962. The predicted octanol–water partition coefficient (Wildman–Crippen LogP) is 5.17. The Bertz CT molecular complexity index is 1360. The summed E-state index contributed by atoms with van der Waals surface area (Å²) in [5, 5.41) is 14.8. The molecule has 2 unspecified atom stereocenters. The molecule has 2 aliphatic carbocycles. The number of carbonyl (C=O) groups excluding carboxylic acids is 1. The van der Waals surface area contributed by atoms with E-state index in [2.05, 4.69) is 26.1 Å². The van der Waals surface area contributed by atoms with Crippen LogP contribution in [0, 0.1) is 15.5 Å². The Morgan fingerprint density at radius 3 is 2.52 bits per heavy atom. The van der Waals surface area contributed by atoms with Crippen LogP contribution in [-0.4, -0.2) is 27.9 Å². The van der Waals surface area contributed by atoms with Crippen molar-refractivity contribution in [2.75, 3.05) is 12.4 Å². The van der Waals surface area contributed by atoms with Crippen LogP contribution in [0.2, 0.25) is 5.02 Å². The van der Waals surface area contributed by atoms with Crippen molar-refractivity contribution in [1.29, 1.82) is 0 Å². The summed E-state index contributed by atoms with van der Waals surface area (Å²) in [6.07, 6.45) is 1.37. The molecule has 0 radical (unpaired) electrons. The molecule has 0 saturated heterocycles. The van der Waals surface area contributed by atoms with Crippen molar-refractivity contribution >= 4 is 39.9 Å². The van der Waals surface area contributed by atoms with Crippen LogP contribution < -0.4 is 10.1 Å². The molecule has 1 saturated carbocycles. The SMILES string of the molecule is COc1ccc(Cl)cc1NC(=O)C12CCC(C)(c3nc4ccc([N+](=O)[O-])cc4nc31)C2(C)C. The number of ether oxygens (including phenoxy) is 1. The molecule has 1 N–H and O–H groups in total. The van der Waals surface area contributed by atoms with Crippen molar-refractivity contribution in [2.45, 2.75) is 44.4 Å². The lowest BCUT2D eigenvalue weighted by atomic mass is 9.63. The second-order valence-corrected chi connectivity index (χ2v) is 9.95. The number of nitrogens with zero attached hydrogens (tertiary/aromatic N) is 3. The Morgan fingerprint density at radius 1 is 1.09 bits per heavy atom. The zero-order valence-corrected chi connectivity index (χ0v) is 19.5. The number of benzene rings is 2. The van der Waals surface area contributed by atoms with Crippen molar-refractivity contribution < 1.29 is 14.5 Å². The van der Waals surface area contributed by atoms with E-state index in [0.29, 0.717) is 39.6 Å². The maximum atomic E-state index is 14.0. The number of fused-ring (bicyclic) bond motifs is 6. The van der Waals surface area contributed by atoms with E-state index in [1.54, 1.807) is 24.3 Å². The Balaban J connectivity index is 1.70. The first-order valence-electron chi connectivity index (χ1n) is 10.7. The summed E-state index contributed by atoms with van der Waals surface area (Å²) < 4.78 is 5.41. The average molecular weight is 467 g/mol. The van der Waals surface area contributed by atoms with E-state index in [1.165, 1.54) is 19.2 Å². The summed E-state index contributed by atoms with van der Waals surface area (Å²) in [7, 11) is 1.53. The molecule has 1 aromatic heterocycles. The highest BCUT2D eigenvalue weighted by Gasteiger charge is 2.73. The summed E-state index contributed by atoms with van der Waals surface area (Å²) in [5.74, 6) is 0.288. The predicted molar refractivity (Wildman–Crippen MR) is 125 cm³/mol. The van der Waals surface area contributed by atoms with Crippen molar-refractivity contribution in [3.8, 4) is 5.75 Å². The number of carbonyl (C=O) groups is 1. The fourth-order valence-electron chi connectivity index (χ4n) is 5.71. The number of hydrogen-bond donors (Lipinski definition) is 1. The lowest BCUT2D eigenvalue weighted by molar-refractivity contribution is -0.384. The summed E-state index contributed by atoms with van der Waals surface area (Å²) in [6.45, 7) is 6.27. The molecule has 2 aromatic carbocycles. The highest BCUT2D eigenvalue weighted by molar-refractivity contribution is 6.31. The highest BCUT2D eigenvalue weighted by atomic mass is 35.5. The van der Waals surface area contributed by atoms with Gasteiger partial charge in [0.25, 0.3) is 5.69 Å². The maximum Gasteiger partial charge on any atom is 0.271 e. The van der Waals surface area contributed by atoms with Gasteiger partial charge < -0.3 is 10.1 Å². The van der Waals surface area contributed by atoms with Crippen LogP contribution in [0.25, 0.3) is 11.0 Å². The van der Waals surface area contributed by atoms with E-state index in [-0.39, 0.29) is 17.0 Å². The minimum Gasteiger partial charge on any atom is -0.495 e. The number of amides is 1. The standard InChI is InChI=1S/C24H23ClN4O4/c1-22(2)23(3)9-10-24(22,21(30)28-17-11-13(25)5-8-18(17)33-4)20-19(23)26-15-7-6-14(29(31)32)12-16(15)27-20/h5-8,11-12H,9-10H2,1-4H3,(H,28,30). The third kappa shape index (κ3) is 2.67. The van der Waals surface area contributed by atoms with Crippen LogP contribution in [0.1, 0.15) is 45.0 Å². The van der Waals surface area contributed by atoms with Gasteiger partial charge >= 0.3 is 0 Å². The van der Waals surface area contributed by atoms with Gasteiger partial charge in [0.1, 0.15) is 5.75 Å². The summed E-state index contributed by atoms with van der Waals surface area (Å²) in [5.41, 5.74) is 0.942. The number of nitro benzene ring substituents is 1.